The Hall–Kier alpha value is -2.96. The van der Waals surface area contributed by atoms with Gasteiger partial charge in [-0.25, -0.2) is 4.39 Å². The molecule has 0 bridgehead atoms. The topological polar surface area (TPSA) is 65.5 Å². The van der Waals surface area contributed by atoms with E-state index in [1.54, 1.807) is 34.2 Å². The maximum atomic E-state index is 13.6. The van der Waals surface area contributed by atoms with Crippen LogP contribution in [0, 0.1) is 5.82 Å². The van der Waals surface area contributed by atoms with Crippen molar-refractivity contribution in [1.29, 1.82) is 0 Å². The lowest BCUT2D eigenvalue weighted by Gasteiger charge is -2.32. The number of rotatable bonds is 6. The third-order valence-electron chi connectivity index (χ3n) is 4.42. The Labute approximate surface area is 151 Å². The van der Waals surface area contributed by atoms with Crippen LogP contribution < -0.4 is 5.32 Å². The molecule has 1 aromatic carbocycles. The zero-order valence-corrected chi connectivity index (χ0v) is 14.4. The molecule has 2 amide bonds. The number of nitrogens with zero attached hydrogens (tertiary/aromatic N) is 3. The fraction of sp³-hybridized carbons (Fsp3) is 0.316. The highest BCUT2D eigenvalue weighted by molar-refractivity contribution is 5.94. The van der Waals surface area contributed by atoms with Crippen molar-refractivity contribution in [3.63, 3.8) is 0 Å². The molecule has 0 atom stereocenters. The van der Waals surface area contributed by atoms with Gasteiger partial charge in [-0.1, -0.05) is 18.2 Å². The minimum absolute atomic E-state index is 0.0965. The minimum Gasteiger partial charge on any atom is -0.383 e. The first-order valence-electron chi connectivity index (χ1n) is 8.58. The fourth-order valence-electron chi connectivity index (χ4n) is 2.91. The molecule has 1 N–H and O–H groups in total. The summed E-state index contributed by atoms with van der Waals surface area (Å²) < 4.78 is 13.6. The van der Waals surface area contributed by atoms with Crippen molar-refractivity contribution in [1.82, 2.24) is 14.8 Å². The second kappa shape index (κ2) is 8.42. The molecule has 3 rings (SSSR count). The third kappa shape index (κ3) is 4.36. The van der Waals surface area contributed by atoms with Crippen molar-refractivity contribution < 1.29 is 14.0 Å². The van der Waals surface area contributed by atoms with Gasteiger partial charge in [0.2, 0.25) is 6.41 Å². The molecule has 0 spiro atoms. The summed E-state index contributed by atoms with van der Waals surface area (Å²) in [6.45, 7) is 2.66. The highest BCUT2D eigenvalue weighted by atomic mass is 19.1. The maximum absolute atomic E-state index is 13.6. The Kier molecular flexibility index (Phi) is 5.78. The van der Waals surface area contributed by atoms with Crippen LogP contribution in [-0.2, 0) is 11.2 Å². The lowest BCUT2D eigenvalue weighted by atomic mass is 10.1. The van der Waals surface area contributed by atoms with Crippen molar-refractivity contribution in [3.05, 3.63) is 59.7 Å². The highest BCUT2D eigenvalue weighted by Crippen LogP contribution is 2.13. The summed E-state index contributed by atoms with van der Waals surface area (Å²) in [5.41, 5.74) is 1.87. The zero-order valence-electron chi connectivity index (χ0n) is 14.4. The number of carbonyl (C=O) groups excluding carboxylic acids is 2. The number of anilines is 1. The molecule has 2 heterocycles. The van der Waals surface area contributed by atoms with Crippen LogP contribution in [0.25, 0.3) is 0 Å². The number of hydrogen-bond acceptors (Lipinski definition) is 4. The van der Waals surface area contributed by atoms with Gasteiger partial charge in [-0.3, -0.25) is 14.6 Å². The largest absolute Gasteiger partial charge is 0.383 e. The molecular weight excluding hydrogens is 335 g/mol. The summed E-state index contributed by atoms with van der Waals surface area (Å²) in [6, 6.07) is 8.43. The van der Waals surface area contributed by atoms with E-state index in [1.165, 1.54) is 12.3 Å². The van der Waals surface area contributed by atoms with Crippen molar-refractivity contribution in [2.45, 2.75) is 6.42 Å². The van der Waals surface area contributed by atoms with E-state index >= 15 is 0 Å². The summed E-state index contributed by atoms with van der Waals surface area (Å²) in [4.78, 5) is 30.8. The predicted molar refractivity (Wildman–Crippen MR) is 96.4 cm³/mol. The normalized spacial score (nSPS) is 14.2. The van der Waals surface area contributed by atoms with Crippen molar-refractivity contribution in [2.24, 2.45) is 0 Å². The van der Waals surface area contributed by atoms with Crippen LogP contribution in [0.5, 0.6) is 0 Å². The SMILES string of the molecule is O=CN1CCN(C(=O)c2cncc(NCCc3ccccc3F)c2)CC1. The van der Waals surface area contributed by atoms with Gasteiger partial charge in [-0.15, -0.1) is 0 Å². The average Bonchev–Trinajstić information content (AvgIpc) is 2.69. The number of carbonyl (C=O) groups is 2. The first kappa shape index (κ1) is 17.8. The molecule has 6 nitrogen and oxygen atoms in total. The van der Waals surface area contributed by atoms with Crippen LogP contribution in [0.2, 0.25) is 0 Å². The maximum Gasteiger partial charge on any atom is 0.255 e. The first-order chi connectivity index (χ1) is 12.7. The molecule has 136 valence electrons. The first-order valence-corrected chi connectivity index (χ1v) is 8.58. The summed E-state index contributed by atoms with van der Waals surface area (Å²) >= 11 is 0. The van der Waals surface area contributed by atoms with Crippen molar-refractivity contribution >= 4 is 18.0 Å². The molecule has 0 aliphatic carbocycles. The molecule has 26 heavy (non-hydrogen) atoms. The van der Waals surface area contributed by atoms with Gasteiger partial charge in [0.05, 0.1) is 11.3 Å². The Balaban J connectivity index is 1.57. The number of nitrogens with one attached hydrogen (secondary N) is 1. The molecule has 0 unspecified atom stereocenters. The van der Waals surface area contributed by atoms with Crippen LogP contribution in [0.1, 0.15) is 15.9 Å². The molecule has 1 aliphatic rings. The van der Waals surface area contributed by atoms with E-state index in [9.17, 15) is 14.0 Å². The molecule has 0 radical (unpaired) electrons. The molecule has 0 saturated carbocycles. The van der Waals surface area contributed by atoms with E-state index in [2.05, 4.69) is 10.3 Å². The molecule has 7 heteroatoms. The van der Waals surface area contributed by atoms with Gasteiger partial charge in [-0.05, 0) is 24.1 Å². The molecule has 1 fully saturated rings. The zero-order chi connectivity index (χ0) is 18.4. The van der Waals surface area contributed by atoms with Gasteiger partial charge in [0.15, 0.2) is 0 Å². The number of hydrogen-bond donors (Lipinski definition) is 1. The molecule has 1 aliphatic heterocycles. The fourth-order valence-corrected chi connectivity index (χ4v) is 2.91. The second-order valence-corrected chi connectivity index (χ2v) is 6.16. The number of aromatic nitrogens is 1. The summed E-state index contributed by atoms with van der Waals surface area (Å²) in [7, 11) is 0. The van der Waals surface area contributed by atoms with E-state index in [4.69, 9.17) is 0 Å². The van der Waals surface area contributed by atoms with Crippen LogP contribution in [0.4, 0.5) is 10.1 Å². The lowest BCUT2D eigenvalue weighted by molar-refractivity contribution is -0.119. The Bertz CT molecular complexity index is 776. The third-order valence-corrected chi connectivity index (χ3v) is 4.42. The quantitative estimate of drug-likeness (QED) is 0.802. The summed E-state index contributed by atoms with van der Waals surface area (Å²) in [5.74, 6) is -0.313. The molecular formula is C19H21FN4O2. The van der Waals surface area contributed by atoms with Crippen LogP contribution in [0.15, 0.2) is 42.7 Å². The molecule has 1 aromatic heterocycles. The van der Waals surface area contributed by atoms with Crippen molar-refractivity contribution in [3.8, 4) is 0 Å². The van der Waals surface area contributed by atoms with Gasteiger partial charge in [0.25, 0.3) is 5.91 Å². The number of pyridine rings is 1. The average molecular weight is 356 g/mol. The number of benzene rings is 1. The van der Waals surface area contributed by atoms with E-state index in [0.29, 0.717) is 50.3 Å². The highest BCUT2D eigenvalue weighted by Gasteiger charge is 2.21. The van der Waals surface area contributed by atoms with E-state index in [0.717, 1.165) is 12.1 Å². The summed E-state index contributed by atoms with van der Waals surface area (Å²) in [5, 5.41) is 3.18. The standard InChI is InChI=1S/C19H21FN4O2/c20-18-4-2-1-3-15(18)5-6-22-17-11-16(12-21-13-17)19(26)24-9-7-23(14-25)8-10-24/h1-4,11-14,22H,5-10H2. The second-order valence-electron chi connectivity index (χ2n) is 6.16. The molecule has 2 aromatic rings. The van der Waals surface area contributed by atoms with Crippen molar-refractivity contribution in [2.75, 3.05) is 38.0 Å². The van der Waals surface area contributed by atoms with Crippen LogP contribution >= 0.6 is 0 Å². The minimum atomic E-state index is -0.217. The van der Waals surface area contributed by atoms with Gasteiger partial charge in [-0.2, -0.15) is 0 Å². The molecule has 1 saturated heterocycles. The van der Waals surface area contributed by atoms with Gasteiger partial charge >= 0.3 is 0 Å². The Morgan fingerprint density at radius 3 is 2.69 bits per heavy atom. The number of piperazine rings is 1. The predicted octanol–water partition coefficient (Wildman–Crippen LogP) is 1.79. The monoisotopic (exact) mass is 356 g/mol. The van der Waals surface area contributed by atoms with Gasteiger partial charge < -0.3 is 15.1 Å². The van der Waals surface area contributed by atoms with E-state index in [1.807, 2.05) is 6.07 Å². The van der Waals surface area contributed by atoms with Gasteiger partial charge in [0.1, 0.15) is 5.82 Å². The van der Waals surface area contributed by atoms with E-state index < -0.39 is 0 Å². The van der Waals surface area contributed by atoms with Crippen LogP contribution in [0.3, 0.4) is 0 Å². The number of amides is 2. The van der Waals surface area contributed by atoms with Gasteiger partial charge in [0, 0.05) is 45.1 Å². The lowest BCUT2D eigenvalue weighted by Crippen LogP contribution is -2.48. The van der Waals surface area contributed by atoms with Crippen LogP contribution in [-0.4, -0.2) is 59.8 Å². The Morgan fingerprint density at radius 2 is 1.96 bits per heavy atom. The Morgan fingerprint density at radius 1 is 1.19 bits per heavy atom. The smallest absolute Gasteiger partial charge is 0.255 e. The summed E-state index contributed by atoms with van der Waals surface area (Å²) in [6.07, 6.45) is 4.53. The van der Waals surface area contributed by atoms with E-state index in [-0.39, 0.29) is 11.7 Å². The number of halogens is 1.